The summed E-state index contributed by atoms with van der Waals surface area (Å²) in [6.07, 6.45) is 0.718. The molecule has 0 aromatic heterocycles. The van der Waals surface area contributed by atoms with Crippen LogP contribution in [0.25, 0.3) is 5.76 Å². The van der Waals surface area contributed by atoms with E-state index in [2.05, 4.69) is 20.8 Å². The van der Waals surface area contributed by atoms with Gasteiger partial charge >= 0.3 is 0 Å². The summed E-state index contributed by atoms with van der Waals surface area (Å²) in [6, 6.07) is 14.2. The predicted octanol–water partition coefficient (Wildman–Crippen LogP) is 4.37. The molecule has 1 heterocycles. The molecule has 0 unspecified atom stereocenters. The Morgan fingerprint density at radius 3 is 2.33 bits per heavy atom. The van der Waals surface area contributed by atoms with Crippen molar-refractivity contribution in [2.45, 2.75) is 38.6 Å². The van der Waals surface area contributed by atoms with Crippen molar-refractivity contribution in [3.8, 4) is 5.75 Å². The molecule has 0 saturated carbocycles. The fraction of sp³-hybridized carbons (Fsp3) is 0.407. The first-order valence-electron chi connectivity index (χ1n) is 11.2. The minimum atomic E-state index is -0.662. The molecule has 6 heteroatoms. The summed E-state index contributed by atoms with van der Waals surface area (Å²) in [5.74, 6) is -0.870. The van der Waals surface area contributed by atoms with E-state index in [-0.39, 0.29) is 16.7 Å². The van der Waals surface area contributed by atoms with E-state index in [4.69, 9.17) is 4.74 Å². The third-order valence-electron chi connectivity index (χ3n) is 5.98. The number of nitrogens with zero attached hydrogens (tertiary/aromatic N) is 2. The fourth-order valence-electron chi connectivity index (χ4n) is 4.11. The van der Waals surface area contributed by atoms with Crippen LogP contribution in [0.2, 0.25) is 0 Å². The minimum absolute atomic E-state index is 0.0212. The molecule has 0 aliphatic carbocycles. The van der Waals surface area contributed by atoms with Crippen molar-refractivity contribution < 1.29 is 19.4 Å². The number of Topliss-reactive ketones (excluding diaryl/α,β-unsaturated/α-hetero) is 1. The highest BCUT2D eigenvalue weighted by Crippen LogP contribution is 2.40. The summed E-state index contributed by atoms with van der Waals surface area (Å²) in [7, 11) is 5.48. The van der Waals surface area contributed by atoms with E-state index in [9.17, 15) is 14.7 Å². The summed E-state index contributed by atoms with van der Waals surface area (Å²) in [6.45, 7) is 7.62. The monoisotopic (exact) mass is 450 g/mol. The van der Waals surface area contributed by atoms with E-state index >= 15 is 0 Å². The normalized spacial score (nSPS) is 18.3. The van der Waals surface area contributed by atoms with Crippen molar-refractivity contribution in [1.29, 1.82) is 0 Å². The van der Waals surface area contributed by atoms with Crippen molar-refractivity contribution >= 4 is 17.4 Å². The molecule has 3 rings (SSSR count). The zero-order chi connectivity index (χ0) is 24.3. The lowest BCUT2D eigenvalue weighted by molar-refractivity contribution is -0.139. The van der Waals surface area contributed by atoms with Gasteiger partial charge in [0.25, 0.3) is 11.7 Å². The Morgan fingerprint density at radius 1 is 1.09 bits per heavy atom. The number of amides is 1. The second kappa shape index (κ2) is 9.79. The van der Waals surface area contributed by atoms with Gasteiger partial charge in [0.15, 0.2) is 0 Å². The Bertz CT molecular complexity index is 1050. The number of carbonyl (C=O) groups excluding carboxylic acids is 2. The van der Waals surface area contributed by atoms with Gasteiger partial charge in [0, 0.05) is 12.1 Å². The van der Waals surface area contributed by atoms with Gasteiger partial charge in [-0.15, -0.1) is 0 Å². The first-order chi connectivity index (χ1) is 15.5. The molecule has 1 saturated heterocycles. The maximum atomic E-state index is 13.1. The van der Waals surface area contributed by atoms with Crippen molar-refractivity contribution in [3.63, 3.8) is 0 Å². The van der Waals surface area contributed by atoms with Gasteiger partial charge in [0.1, 0.15) is 11.5 Å². The molecule has 1 N–H and O–H groups in total. The topological polar surface area (TPSA) is 70.1 Å². The van der Waals surface area contributed by atoms with Crippen LogP contribution in [0, 0.1) is 0 Å². The summed E-state index contributed by atoms with van der Waals surface area (Å²) >= 11 is 0. The summed E-state index contributed by atoms with van der Waals surface area (Å²) in [4.78, 5) is 29.8. The van der Waals surface area contributed by atoms with Crippen LogP contribution in [0.5, 0.6) is 5.75 Å². The maximum Gasteiger partial charge on any atom is 0.295 e. The molecular weight excluding hydrogens is 416 g/mol. The van der Waals surface area contributed by atoms with Gasteiger partial charge in [0.2, 0.25) is 0 Å². The molecule has 1 fully saturated rings. The number of hydrogen-bond donors (Lipinski definition) is 1. The Labute approximate surface area is 196 Å². The summed E-state index contributed by atoms with van der Waals surface area (Å²) in [5.41, 5.74) is 2.49. The van der Waals surface area contributed by atoms with Crippen molar-refractivity contribution in [1.82, 2.24) is 9.80 Å². The van der Waals surface area contributed by atoms with Crippen LogP contribution in [-0.4, -0.2) is 60.9 Å². The van der Waals surface area contributed by atoms with Crippen LogP contribution >= 0.6 is 0 Å². The molecule has 2 aromatic rings. The van der Waals surface area contributed by atoms with Crippen molar-refractivity contribution in [2.24, 2.45) is 0 Å². The Balaban J connectivity index is 2.11. The first kappa shape index (κ1) is 24.5. The van der Waals surface area contributed by atoms with Gasteiger partial charge < -0.3 is 19.6 Å². The van der Waals surface area contributed by atoms with Gasteiger partial charge in [-0.3, -0.25) is 9.59 Å². The molecule has 1 aliphatic rings. The minimum Gasteiger partial charge on any atom is -0.507 e. The van der Waals surface area contributed by atoms with Crippen LogP contribution in [0.4, 0.5) is 0 Å². The molecule has 33 heavy (non-hydrogen) atoms. The first-order valence-corrected chi connectivity index (χ1v) is 11.2. The largest absolute Gasteiger partial charge is 0.507 e. The van der Waals surface area contributed by atoms with E-state index in [1.54, 1.807) is 36.3 Å². The number of likely N-dealkylation sites (tertiary alicyclic amines) is 1. The molecule has 1 atom stereocenters. The highest BCUT2D eigenvalue weighted by Gasteiger charge is 2.45. The molecule has 0 radical (unpaired) electrons. The second-order valence-corrected chi connectivity index (χ2v) is 9.75. The molecule has 0 bridgehead atoms. The Morgan fingerprint density at radius 2 is 1.76 bits per heavy atom. The van der Waals surface area contributed by atoms with Gasteiger partial charge in [-0.05, 0) is 55.7 Å². The number of aliphatic hydroxyl groups is 1. The molecule has 176 valence electrons. The number of hydrogen-bond acceptors (Lipinski definition) is 5. The van der Waals surface area contributed by atoms with E-state index in [0.717, 1.165) is 24.1 Å². The van der Waals surface area contributed by atoms with Crippen LogP contribution in [0.1, 0.15) is 49.9 Å². The molecule has 0 spiro atoms. The number of rotatable bonds is 7. The molecule has 6 nitrogen and oxygen atoms in total. The lowest BCUT2D eigenvalue weighted by atomic mass is 9.85. The van der Waals surface area contributed by atoms with Crippen molar-refractivity contribution in [3.05, 3.63) is 70.8 Å². The number of carbonyl (C=O) groups is 2. The molecule has 1 aliphatic heterocycles. The molecule has 2 aromatic carbocycles. The average Bonchev–Trinajstić information content (AvgIpc) is 3.03. The zero-order valence-electron chi connectivity index (χ0n) is 20.4. The SMILES string of the molecule is COc1cccc(C(O)=C2C(=O)C(=O)N(CCCN(C)C)[C@@H]2c2ccc(C(C)(C)C)cc2)c1. The Hall–Kier alpha value is -3.12. The quantitative estimate of drug-likeness (QED) is 0.385. The predicted molar refractivity (Wildman–Crippen MR) is 130 cm³/mol. The van der Waals surface area contributed by atoms with Crippen LogP contribution in [0.15, 0.2) is 54.1 Å². The van der Waals surface area contributed by atoms with Crippen molar-refractivity contribution in [2.75, 3.05) is 34.3 Å². The second-order valence-electron chi connectivity index (χ2n) is 9.75. The van der Waals surface area contributed by atoms with Gasteiger partial charge in [-0.25, -0.2) is 0 Å². The number of ether oxygens (including phenoxy) is 1. The van der Waals surface area contributed by atoms with E-state index in [0.29, 0.717) is 17.9 Å². The van der Waals surface area contributed by atoms with Gasteiger partial charge in [-0.2, -0.15) is 0 Å². The standard InChI is InChI=1S/C27H34N2O4/c1-27(2,3)20-13-11-18(12-14-20)23-22(24(30)19-9-7-10-21(17-19)33-6)25(31)26(32)29(23)16-8-15-28(4)5/h7,9-14,17,23,30H,8,15-16H2,1-6H3/t23-/m1/s1. The lowest BCUT2D eigenvalue weighted by Crippen LogP contribution is -2.32. The van der Waals surface area contributed by atoms with Crippen LogP contribution < -0.4 is 4.74 Å². The lowest BCUT2D eigenvalue weighted by Gasteiger charge is -2.27. The van der Waals surface area contributed by atoms with Gasteiger partial charge in [0.05, 0.1) is 18.7 Å². The van der Waals surface area contributed by atoms with Crippen LogP contribution in [0.3, 0.4) is 0 Å². The highest BCUT2D eigenvalue weighted by molar-refractivity contribution is 6.46. The Kier molecular flexibility index (Phi) is 7.28. The van der Waals surface area contributed by atoms with Gasteiger partial charge in [-0.1, -0.05) is 57.2 Å². The highest BCUT2D eigenvalue weighted by atomic mass is 16.5. The number of aliphatic hydroxyl groups excluding tert-OH is 1. The zero-order valence-corrected chi connectivity index (χ0v) is 20.4. The average molecular weight is 451 g/mol. The maximum absolute atomic E-state index is 13.1. The number of benzene rings is 2. The summed E-state index contributed by atoms with van der Waals surface area (Å²) < 4.78 is 5.27. The van der Waals surface area contributed by atoms with E-state index in [1.807, 2.05) is 43.3 Å². The third kappa shape index (κ3) is 5.28. The number of ketones is 1. The van der Waals surface area contributed by atoms with E-state index in [1.165, 1.54) is 0 Å². The number of methoxy groups -OCH3 is 1. The fourth-order valence-corrected chi connectivity index (χ4v) is 4.11. The van der Waals surface area contributed by atoms with E-state index < -0.39 is 17.7 Å². The molecular formula is C27H34N2O4. The summed E-state index contributed by atoms with van der Waals surface area (Å²) in [5, 5.41) is 11.2. The van der Waals surface area contributed by atoms with Crippen LogP contribution in [-0.2, 0) is 15.0 Å². The third-order valence-corrected chi connectivity index (χ3v) is 5.98. The molecule has 1 amide bonds. The smallest absolute Gasteiger partial charge is 0.295 e.